The molecule has 2 nitrogen and oxygen atoms in total. The van der Waals surface area contributed by atoms with Crippen LogP contribution in [0.5, 0.6) is 0 Å². The van der Waals surface area contributed by atoms with Crippen LogP contribution in [0, 0.1) is 5.92 Å². The molecule has 0 spiro atoms. The van der Waals surface area contributed by atoms with Crippen molar-refractivity contribution >= 4 is 5.97 Å². The van der Waals surface area contributed by atoms with Gasteiger partial charge in [-0.15, -0.1) is 0 Å². The SMILES string of the molecule is CCC1CCOC1=O. The lowest BCUT2D eigenvalue weighted by atomic mass is 10.1. The van der Waals surface area contributed by atoms with Crippen LogP contribution >= 0.6 is 0 Å². The number of cyclic esters (lactones) is 1. The van der Waals surface area contributed by atoms with Crippen molar-refractivity contribution in [3.05, 3.63) is 0 Å². The van der Waals surface area contributed by atoms with E-state index in [-0.39, 0.29) is 11.9 Å². The van der Waals surface area contributed by atoms with Gasteiger partial charge >= 0.3 is 5.97 Å². The molecule has 8 heavy (non-hydrogen) atoms. The van der Waals surface area contributed by atoms with Gasteiger partial charge in [-0.25, -0.2) is 0 Å². The van der Waals surface area contributed by atoms with E-state index in [1.54, 1.807) is 0 Å². The van der Waals surface area contributed by atoms with E-state index in [2.05, 4.69) is 0 Å². The molecule has 1 atom stereocenters. The lowest BCUT2D eigenvalue weighted by Crippen LogP contribution is -2.04. The van der Waals surface area contributed by atoms with Crippen LogP contribution < -0.4 is 0 Å². The molecule has 1 heterocycles. The normalized spacial score (nSPS) is 28.1. The summed E-state index contributed by atoms with van der Waals surface area (Å²) in [5, 5.41) is 0. The Balaban J connectivity index is 2.42. The Morgan fingerprint density at radius 1 is 1.88 bits per heavy atom. The van der Waals surface area contributed by atoms with Crippen molar-refractivity contribution in [3.63, 3.8) is 0 Å². The molecule has 0 saturated carbocycles. The number of hydrogen-bond donors (Lipinski definition) is 0. The third kappa shape index (κ3) is 0.831. The molecule has 2 heteroatoms. The predicted molar refractivity (Wildman–Crippen MR) is 29.4 cm³/mol. The summed E-state index contributed by atoms with van der Waals surface area (Å²) in [6.45, 7) is 2.65. The Morgan fingerprint density at radius 3 is 2.88 bits per heavy atom. The zero-order valence-corrected chi connectivity index (χ0v) is 5.02. The number of carbonyl (C=O) groups is 1. The van der Waals surface area contributed by atoms with Crippen LogP contribution in [0.1, 0.15) is 19.8 Å². The molecule has 46 valence electrons. The lowest BCUT2D eigenvalue weighted by Gasteiger charge is -1.95. The molecule has 1 saturated heterocycles. The van der Waals surface area contributed by atoms with E-state index in [1.807, 2.05) is 6.92 Å². The van der Waals surface area contributed by atoms with Gasteiger partial charge in [-0.1, -0.05) is 6.92 Å². The third-order valence-corrected chi connectivity index (χ3v) is 1.54. The van der Waals surface area contributed by atoms with Crippen LogP contribution in [0.2, 0.25) is 0 Å². The maximum atomic E-state index is 10.6. The van der Waals surface area contributed by atoms with Crippen molar-refractivity contribution in [2.24, 2.45) is 5.92 Å². The molecule has 0 amide bonds. The average Bonchev–Trinajstić information content (AvgIpc) is 2.14. The molecule has 0 aromatic rings. The fourth-order valence-corrected chi connectivity index (χ4v) is 0.908. The molecule has 0 aliphatic carbocycles. The Morgan fingerprint density at radius 2 is 2.62 bits per heavy atom. The van der Waals surface area contributed by atoms with Gasteiger partial charge in [0, 0.05) is 0 Å². The highest BCUT2D eigenvalue weighted by Crippen LogP contribution is 2.16. The number of ether oxygens (including phenoxy) is 1. The summed E-state index contributed by atoms with van der Waals surface area (Å²) < 4.78 is 4.72. The van der Waals surface area contributed by atoms with Gasteiger partial charge in [-0.3, -0.25) is 4.79 Å². The summed E-state index contributed by atoms with van der Waals surface area (Å²) >= 11 is 0. The van der Waals surface area contributed by atoms with Gasteiger partial charge in [0.2, 0.25) is 0 Å². The third-order valence-electron chi connectivity index (χ3n) is 1.54. The highest BCUT2D eigenvalue weighted by molar-refractivity contribution is 5.73. The summed E-state index contributed by atoms with van der Waals surface area (Å²) in [5.41, 5.74) is 0. The number of rotatable bonds is 1. The molecular formula is C6H10O2. The highest BCUT2D eigenvalue weighted by Gasteiger charge is 2.23. The predicted octanol–water partition coefficient (Wildman–Crippen LogP) is 0.960. The molecule has 0 radical (unpaired) electrons. The number of hydrogen-bond acceptors (Lipinski definition) is 2. The van der Waals surface area contributed by atoms with Crippen LogP contribution in [0.3, 0.4) is 0 Å². The van der Waals surface area contributed by atoms with E-state index in [0.29, 0.717) is 6.61 Å². The van der Waals surface area contributed by atoms with Gasteiger partial charge in [0.25, 0.3) is 0 Å². The monoisotopic (exact) mass is 114 g/mol. The molecule has 0 aromatic carbocycles. The summed E-state index contributed by atoms with van der Waals surface area (Å²) in [7, 11) is 0. The van der Waals surface area contributed by atoms with Crippen molar-refractivity contribution in [2.45, 2.75) is 19.8 Å². The van der Waals surface area contributed by atoms with Crippen LogP contribution in [0.15, 0.2) is 0 Å². The second kappa shape index (κ2) is 2.16. The van der Waals surface area contributed by atoms with E-state index in [1.165, 1.54) is 0 Å². The molecule has 0 bridgehead atoms. The summed E-state index contributed by atoms with van der Waals surface area (Å²) in [6, 6.07) is 0. The summed E-state index contributed by atoms with van der Waals surface area (Å²) in [5.74, 6) is 0.197. The van der Waals surface area contributed by atoms with Crippen molar-refractivity contribution in [1.82, 2.24) is 0 Å². The van der Waals surface area contributed by atoms with Crippen molar-refractivity contribution < 1.29 is 9.53 Å². The van der Waals surface area contributed by atoms with Crippen molar-refractivity contribution in [3.8, 4) is 0 Å². The molecular weight excluding hydrogens is 104 g/mol. The minimum absolute atomic E-state index is 0.00694. The standard InChI is InChI=1S/C6H10O2/c1-2-5-3-4-8-6(5)7/h5H,2-4H2,1H3. The highest BCUT2D eigenvalue weighted by atomic mass is 16.5. The number of carbonyl (C=O) groups excluding carboxylic acids is 1. The molecule has 1 aliphatic heterocycles. The molecule has 0 N–H and O–H groups in total. The van der Waals surface area contributed by atoms with Gasteiger partial charge in [0.1, 0.15) is 0 Å². The minimum atomic E-state index is -0.00694. The van der Waals surface area contributed by atoms with Crippen LogP contribution in [0.4, 0.5) is 0 Å². The average molecular weight is 114 g/mol. The molecule has 0 aromatic heterocycles. The minimum Gasteiger partial charge on any atom is -0.465 e. The first kappa shape index (κ1) is 5.60. The Bertz CT molecular complexity index is 98.7. The molecule has 1 unspecified atom stereocenters. The zero-order chi connectivity index (χ0) is 5.98. The Labute approximate surface area is 48.8 Å². The quantitative estimate of drug-likeness (QED) is 0.474. The van der Waals surface area contributed by atoms with Crippen molar-refractivity contribution in [1.29, 1.82) is 0 Å². The molecule has 1 fully saturated rings. The van der Waals surface area contributed by atoms with Crippen LogP contribution in [-0.4, -0.2) is 12.6 Å². The second-order valence-corrected chi connectivity index (χ2v) is 2.06. The second-order valence-electron chi connectivity index (χ2n) is 2.06. The zero-order valence-electron chi connectivity index (χ0n) is 5.02. The first-order chi connectivity index (χ1) is 3.84. The largest absolute Gasteiger partial charge is 0.465 e. The van der Waals surface area contributed by atoms with E-state index in [9.17, 15) is 4.79 Å². The van der Waals surface area contributed by atoms with E-state index >= 15 is 0 Å². The first-order valence-corrected chi connectivity index (χ1v) is 3.01. The van der Waals surface area contributed by atoms with E-state index < -0.39 is 0 Å². The fraction of sp³-hybridized carbons (Fsp3) is 0.833. The fourth-order valence-electron chi connectivity index (χ4n) is 0.908. The molecule has 1 aliphatic rings. The number of esters is 1. The van der Waals surface area contributed by atoms with E-state index in [0.717, 1.165) is 12.8 Å². The lowest BCUT2D eigenvalue weighted by molar-refractivity contribution is -0.141. The van der Waals surface area contributed by atoms with Crippen molar-refractivity contribution in [2.75, 3.05) is 6.61 Å². The smallest absolute Gasteiger partial charge is 0.309 e. The van der Waals surface area contributed by atoms with Gasteiger partial charge in [0.05, 0.1) is 12.5 Å². The summed E-state index contributed by atoms with van der Waals surface area (Å²) in [4.78, 5) is 10.6. The van der Waals surface area contributed by atoms with Gasteiger partial charge in [0.15, 0.2) is 0 Å². The van der Waals surface area contributed by atoms with Crippen LogP contribution in [-0.2, 0) is 9.53 Å². The Kier molecular flexibility index (Phi) is 1.51. The Hall–Kier alpha value is -0.530. The van der Waals surface area contributed by atoms with Gasteiger partial charge in [-0.2, -0.15) is 0 Å². The topological polar surface area (TPSA) is 26.3 Å². The van der Waals surface area contributed by atoms with E-state index in [4.69, 9.17) is 4.74 Å². The van der Waals surface area contributed by atoms with Crippen LogP contribution in [0.25, 0.3) is 0 Å². The first-order valence-electron chi connectivity index (χ1n) is 3.01. The maximum Gasteiger partial charge on any atom is 0.309 e. The molecule has 1 rings (SSSR count). The summed E-state index contributed by atoms with van der Waals surface area (Å²) in [6.07, 6.45) is 1.86. The van der Waals surface area contributed by atoms with Gasteiger partial charge < -0.3 is 4.74 Å². The maximum absolute atomic E-state index is 10.6. The van der Waals surface area contributed by atoms with Gasteiger partial charge in [-0.05, 0) is 12.8 Å².